The fraction of sp³-hybridized carbons (Fsp3) is 0.368. The highest BCUT2D eigenvalue weighted by atomic mass is 32.2. The third-order valence-electron chi connectivity index (χ3n) is 4.03. The summed E-state index contributed by atoms with van der Waals surface area (Å²) < 4.78 is 0. The normalized spacial score (nSPS) is 11.7. The first-order chi connectivity index (χ1) is 11.1. The molecule has 4 heteroatoms. The molecule has 0 bridgehead atoms. The number of benzene rings is 1. The predicted molar refractivity (Wildman–Crippen MR) is 105 cm³/mol. The van der Waals surface area contributed by atoms with Gasteiger partial charge in [0.05, 0.1) is 0 Å². The highest BCUT2D eigenvalue weighted by Gasteiger charge is 2.12. The molecule has 2 nitrogen and oxygen atoms in total. The van der Waals surface area contributed by atoms with Gasteiger partial charge in [-0.3, -0.25) is 0 Å². The highest BCUT2D eigenvalue weighted by Crippen LogP contribution is 2.29. The molecule has 0 saturated heterocycles. The van der Waals surface area contributed by atoms with E-state index in [1.165, 1.54) is 32.6 Å². The monoisotopic (exact) mass is 344 g/mol. The molecule has 2 aromatic heterocycles. The summed E-state index contributed by atoms with van der Waals surface area (Å²) in [6, 6.07) is 11.1. The number of thiophene rings is 1. The van der Waals surface area contributed by atoms with Crippen molar-refractivity contribution < 1.29 is 0 Å². The summed E-state index contributed by atoms with van der Waals surface area (Å²) in [4.78, 5) is 7.36. The van der Waals surface area contributed by atoms with Crippen molar-refractivity contribution in [3.8, 4) is 0 Å². The second-order valence-electron chi connectivity index (χ2n) is 6.26. The van der Waals surface area contributed by atoms with Crippen molar-refractivity contribution in [2.45, 2.75) is 24.9 Å². The van der Waals surface area contributed by atoms with Crippen LogP contribution in [-0.2, 0) is 17.9 Å². The summed E-state index contributed by atoms with van der Waals surface area (Å²) in [6.45, 7) is 3.25. The minimum absolute atomic E-state index is 1.07. The highest BCUT2D eigenvalue weighted by molar-refractivity contribution is 7.97. The van der Waals surface area contributed by atoms with Gasteiger partial charge in [0.15, 0.2) is 0 Å². The average molecular weight is 345 g/mol. The number of aryl methyl sites for hydroxylation is 1. The topological polar surface area (TPSA) is 19.0 Å². The number of aromatic amines is 1. The van der Waals surface area contributed by atoms with Gasteiger partial charge in [-0.15, -0.1) is 11.3 Å². The zero-order valence-corrected chi connectivity index (χ0v) is 15.7. The Bertz CT molecular complexity index is 757. The van der Waals surface area contributed by atoms with Crippen LogP contribution in [0.2, 0.25) is 0 Å². The van der Waals surface area contributed by atoms with Crippen LogP contribution in [0.3, 0.4) is 0 Å². The Labute approximate surface area is 146 Å². The maximum Gasteiger partial charge on any atom is 0.0459 e. The molecular formula is C19H24N2S2. The Morgan fingerprint density at radius 2 is 2.04 bits per heavy atom. The Morgan fingerprint density at radius 3 is 2.78 bits per heavy atom. The van der Waals surface area contributed by atoms with Gasteiger partial charge >= 0.3 is 0 Å². The number of aromatic nitrogens is 1. The van der Waals surface area contributed by atoms with E-state index in [0.717, 1.165) is 24.5 Å². The van der Waals surface area contributed by atoms with Gasteiger partial charge in [-0.05, 0) is 50.2 Å². The van der Waals surface area contributed by atoms with Crippen molar-refractivity contribution in [2.75, 3.05) is 20.6 Å². The van der Waals surface area contributed by atoms with Crippen LogP contribution in [0.15, 0.2) is 35.7 Å². The standard InChI is InChI=1S/C19H24N2S2/c1-14-6-7-18-16(11-14)17(19(20-18)8-9-21(2)3)13-22-12-15-5-4-10-23-15/h4-7,10-11,20H,8-9,12-13H2,1-3H3. The molecule has 2 heterocycles. The van der Waals surface area contributed by atoms with E-state index in [4.69, 9.17) is 0 Å². The van der Waals surface area contributed by atoms with E-state index in [2.05, 4.69) is 66.6 Å². The Kier molecular flexibility index (Phi) is 5.46. The lowest BCUT2D eigenvalue weighted by atomic mass is 10.1. The molecule has 1 N–H and O–H groups in total. The zero-order chi connectivity index (χ0) is 16.2. The first kappa shape index (κ1) is 16.6. The minimum atomic E-state index is 1.07. The lowest BCUT2D eigenvalue weighted by Crippen LogP contribution is -2.15. The fourth-order valence-electron chi connectivity index (χ4n) is 2.78. The SMILES string of the molecule is Cc1ccc2[nH]c(CCN(C)C)c(CSCc3cccs3)c2c1. The smallest absolute Gasteiger partial charge is 0.0459 e. The van der Waals surface area contributed by atoms with E-state index in [1.807, 2.05) is 23.1 Å². The van der Waals surface area contributed by atoms with Gasteiger partial charge in [0.25, 0.3) is 0 Å². The third kappa shape index (κ3) is 4.19. The molecule has 0 saturated carbocycles. The molecular weight excluding hydrogens is 320 g/mol. The number of rotatable bonds is 7. The number of fused-ring (bicyclic) bond motifs is 1. The number of nitrogens with one attached hydrogen (secondary N) is 1. The Hall–Kier alpha value is -1.23. The number of H-pyrrole nitrogens is 1. The lowest BCUT2D eigenvalue weighted by Gasteiger charge is -2.10. The van der Waals surface area contributed by atoms with Crippen molar-refractivity contribution in [1.82, 2.24) is 9.88 Å². The van der Waals surface area contributed by atoms with Gasteiger partial charge in [-0.2, -0.15) is 11.8 Å². The first-order valence-electron chi connectivity index (χ1n) is 7.98. The molecule has 0 radical (unpaired) electrons. The second kappa shape index (κ2) is 7.56. The number of hydrogen-bond donors (Lipinski definition) is 1. The molecule has 3 aromatic rings. The van der Waals surface area contributed by atoms with Gasteiger partial charge in [0.1, 0.15) is 0 Å². The molecule has 0 spiro atoms. The van der Waals surface area contributed by atoms with E-state index >= 15 is 0 Å². The van der Waals surface area contributed by atoms with Crippen molar-refractivity contribution in [1.29, 1.82) is 0 Å². The van der Waals surface area contributed by atoms with E-state index in [-0.39, 0.29) is 0 Å². The Balaban J connectivity index is 1.81. The third-order valence-corrected chi connectivity index (χ3v) is 6.10. The van der Waals surface area contributed by atoms with Crippen molar-refractivity contribution in [2.24, 2.45) is 0 Å². The molecule has 0 aliphatic carbocycles. The molecule has 1 aromatic carbocycles. The van der Waals surface area contributed by atoms with Crippen LogP contribution in [0.25, 0.3) is 10.9 Å². The van der Waals surface area contributed by atoms with Gasteiger partial charge in [-0.1, -0.05) is 17.7 Å². The maximum absolute atomic E-state index is 3.65. The summed E-state index contributed by atoms with van der Waals surface area (Å²) >= 11 is 3.86. The van der Waals surface area contributed by atoms with E-state index in [9.17, 15) is 0 Å². The average Bonchev–Trinajstić information content (AvgIpc) is 3.13. The van der Waals surface area contributed by atoms with E-state index in [0.29, 0.717) is 0 Å². The molecule has 0 aliphatic heterocycles. The summed E-state index contributed by atoms with van der Waals surface area (Å²) in [6.07, 6.45) is 1.08. The summed E-state index contributed by atoms with van der Waals surface area (Å²) in [5.74, 6) is 2.17. The van der Waals surface area contributed by atoms with E-state index < -0.39 is 0 Å². The first-order valence-corrected chi connectivity index (χ1v) is 10.0. The summed E-state index contributed by atoms with van der Waals surface area (Å²) in [5, 5.41) is 3.56. The van der Waals surface area contributed by atoms with Crippen LogP contribution in [0.5, 0.6) is 0 Å². The van der Waals surface area contributed by atoms with Crippen LogP contribution in [-0.4, -0.2) is 30.5 Å². The molecule has 3 rings (SSSR count). The molecule has 0 aliphatic rings. The molecule has 0 fully saturated rings. The predicted octanol–water partition coefficient (Wildman–Crippen LogP) is 5.08. The number of likely N-dealkylation sites (N-methyl/N-ethyl adjacent to an activating group) is 1. The quantitative estimate of drug-likeness (QED) is 0.645. The van der Waals surface area contributed by atoms with Crippen LogP contribution in [0.4, 0.5) is 0 Å². The fourth-order valence-corrected chi connectivity index (χ4v) is 4.72. The summed E-state index contributed by atoms with van der Waals surface area (Å²) in [5.41, 5.74) is 5.50. The number of nitrogens with zero attached hydrogens (tertiary/aromatic N) is 1. The number of hydrogen-bond acceptors (Lipinski definition) is 3. The zero-order valence-electron chi connectivity index (χ0n) is 14.1. The lowest BCUT2D eigenvalue weighted by molar-refractivity contribution is 0.412. The molecule has 0 amide bonds. The Morgan fingerprint density at radius 1 is 1.17 bits per heavy atom. The molecule has 0 atom stereocenters. The molecule has 23 heavy (non-hydrogen) atoms. The van der Waals surface area contributed by atoms with Crippen LogP contribution >= 0.6 is 23.1 Å². The largest absolute Gasteiger partial charge is 0.358 e. The van der Waals surface area contributed by atoms with Gasteiger partial charge in [-0.25, -0.2) is 0 Å². The van der Waals surface area contributed by atoms with E-state index in [1.54, 1.807) is 0 Å². The van der Waals surface area contributed by atoms with Crippen molar-refractivity contribution in [3.63, 3.8) is 0 Å². The van der Waals surface area contributed by atoms with Crippen LogP contribution < -0.4 is 0 Å². The van der Waals surface area contributed by atoms with Crippen molar-refractivity contribution in [3.05, 3.63) is 57.4 Å². The molecule has 0 unspecified atom stereocenters. The van der Waals surface area contributed by atoms with Gasteiger partial charge in [0, 0.05) is 45.9 Å². The van der Waals surface area contributed by atoms with Gasteiger partial charge in [0.2, 0.25) is 0 Å². The van der Waals surface area contributed by atoms with Crippen molar-refractivity contribution >= 4 is 34.0 Å². The maximum atomic E-state index is 3.65. The number of thioether (sulfide) groups is 1. The molecule has 122 valence electrons. The van der Waals surface area contributed by atoms with Crippen LogP contribution in [0.1, 0.15) is 21.7 Å². The second-order valence-corrected chi connectivity index (χ2v) is 8.27. The van der Waals surface area contributed by atoms with Crippen LogP contribution in [0, 0.1) is 6.92 Å². The summed E-state index contributed by atoms with van der Waals surface area (Å²) in [7, 11) is 4.27. The minimum Gasteiger partial charge on any atom is -0.358 e. The van der Waals surface area contributed by atoms with Gasteiger partial charge < -0.3 is 9.88 Å².